The lowest BCUT2D eigenvalue weighted by atomic mass is 10.0. The zero-order valence-corrected chi connectivity index (χ0v) is 26.9. The summed E-state index contributed by atoms with van der Waals surface area (Å²) >= 11 is 0. The lowest BCUT2D eigenvalue weighted by Gasteiger charge is -2.24. The van der Waals surface area contributed by atoms with Gasteiger partial charge in [-0.2, -0.15) is 0 Å². The molecular formula is C34H33NO10S. The van der Waals surface area contributed by atoms with Crippen molar-refractivity contribution in [2.24, 2.45) is 0 Å². The Hall–Kier alpha value is -4.97. The van der Waals surface area contributed by atoms with Crippen LogP contribution >= 0.6 is 0 Å². The van der Waals surface area contributed by atoms with Crippen LogP contribution in [-0.4, -0.2) is 79.9 Å². The Kier molecular flexibility index (Phi) is 10.0. The van der Waals surface area contributed by atoms with Crippen LogP contribution in [0.3, 0.4) is 0 Å². The van der Waals surface area contributed by atoms with Gasteiger partial charge in [0, 0.05) is 17.4 Å². The summed E-state index contributed by atoms with van der Waals surface area (Å²) < 4.78 is 34.2. The van der Waals surface area contributed by atoms with E-state index >= 15 is 0 Å². The summed E-state index contributed by atoms with van der Waals surface area (Å²) in [5, 5.41) is 0. The predicted molar refractivity (Wildman–Crippen MR) is 167 cm³/mol. The Bertz CT molecular complexity index is 1890. The summed E-state index contributed by atoms with van der Waals surface area (Å²) in [6, 6.07) is 11.9. The van der Waals surface area contributed by atoms with E-state index < -0.39 is 76.6 Å². The van der Waals surface area contributed by atoms with Crippen molar-refractivity contribution in [1.82, 2.24) is 4.90 Å². The van der Waals surface area contributed by atoms with Crippen molar-refractivity contribution in [2.45, 2.75) is 40.2 Å². The fourth-order valence-electron chi connectivity index (χ4n) is 4.79. The van der Waals surface area contributed by atoms with Crippen LogP contribution in [0.5, 0.6) is 0 Å². The number of benzene rings is 3. The Morgan fingerprint density at radius 3 is 1.70 bits per heavy atom. The number of nitrogens with zero attached hydrogens (tertiary/aromatic N) is 1. The number of sulfone groups is 1. The molecular weight excluding hydrogens is 614 g/mol. The molecule has 0 aliphatic carbocycles. The Morgan fingerprint density at radius 1 is 0.674 bits per heavy atom. The molecule has 0 N–H and O–H groups in total. The molecule has 4 rings (SSSR count). The number of carbonyl (C=O) groups excluding carboxylic acids is 6. The maximum Gasteiger partial charge on any atom is 0.338 e. The number of Topliss-reactive ketones (excluding diaryl/α,β-unsaturated/α-hetero) is 2. The molecule has 1 aliphatic heterocycles. The van der Waals surface area contributed by atoms with Crippen LogP contribution in [0.2, 0.25) is 0 Å². The number of amides is 2. The monoisotopic (exact) mass is 647 g/mol. The fraction of sp³-hybridized carbons (Fsp3) is 0.294. The van der Waals surface area contributed by atoms with E-state index in [1.807, 2.05) is 27.7 Å². The van der Waals surface area contributed by atoms with E-state index in [0.29, 0.717) is 16.0 Å². The zero-order valence-electron chi connectivity index (χ0n) is 26.0. The smallest absolute Gasteiger partial charge is 0.338 e. The first-order valence-corrected chi connectivity index (χ1v) is 16.4. The van der Waals surface area contributed by atoms with Gasteiger partial charge in [-0.1, -0.05) is 24.3 Å². The van der Waals surface area contributed by atoms with E-state index in [1.54, 1.807) is 36.4 Å². The van der Waals surface area contributed by atoms with Gasteiger partial charge in [-0.15, -0.1) is 0 Å². The highest BCUT2D eigenvalue weighted by Crippen LogP contribution is 2.28. The Balaban J connectivity index is 1.50. The molecule has 1 atom stereocenters. The number of hydrogen-bond donors (Lipinski definition) is 0. The lowest BCUT2D eigenvalue weighted by molar-refractivity contribution is -0.147. The highest BCUT2D eigenvalue weighted by Gasteiger charge is 2.44. The molecule has 0 bridgehead atoms. The topological polar surface area (TPSA) is 158 Å². The van der Waals surface area contributed by atoms with Crippen LogP contribution in [0.15, 0.2) is 54.6 Å². The Labute approximate surface area is 266 Å². The fourth-order valence-corrected chi connectivity index (χ4v) is 5.44. The molecule has 0 fully saturated rings. The van der Waals surface area contributed by atoms with Crippen LogP contribution in [0.25, 0.3) is 0 Å². The minimum atomic E-state index is -3.64. The van der Waals surface area contributed by atoms with E-state index in [1.165, 1.54) is 12.1 Å². The van der Waals surface area contributed by atoms with Crippen LogP contribution in [-0.2, 0) is 24.1 Å². The predicted octanol–water partition coefficient (Wildman–Crippen LogP) is 3.79. The van der Waals surface area contributed by atoms with Gasteiger partial charge in [0.15, 0.2) is 24.8 Å². The van der Waals surface area contributed by atoms with Crippen molar-refractivity contribution in [2.75, 3.05) is 25.2 Å². The zero-order chi connectivity index (χ0) is 33.9. The van der Waals surface area contributed by atoms with Gasteiger partial charge >= 0.3 is 11.9 Å². The first-order chi connectivity index (χ1) is 21.6. The first kappa shape index (κ1) is 33.9. The number of fused-ring (bicyclic) bond motifs is 1. The molecule has 0 saturated heterocycles. The van der Waals surface area contributed by atoms with Crippen molar-refractivity contribution >= 4 is 45.2 Å². The van der Waals surface area contributed by atoms with Crippen molar-refractivity contribution in [3.8, 4) is 0 Å². The summed E-state index contributed by atoms with van der Waals surface area (Å²) in [5.41, 5.74) is 3.90. The summed E-state index contributed by atoms with van der Waals surface area (Å²) in [6.45, 7) is 6.18. The van der Waals surface area contributed by atoms with Crippen LogP contribution in [0.4, 0.5) is 0 Å². The van der Waals surface area contributed by atoms with E-state index in [4.69, 9.17) is 9.47 Å². The molecule has 3 aromatic carbocycles. The maximum atomic E-state index is 13.5. The highest BCUT2D eigenvalue weighted by molar-refractivity contribution is 7.90. The van der Waals surface area contributed by atoms with Gasteiger partial charge in [0.05, 0.1) is 22.4 Å². The number of ether oxygens (including phenoxy) is 2. The Morgan fingerprint density at radius 2 is 1.17 bits per heavy atom. The normalized spacial score (nSPS) is 13.3. The van der Waals surface area contributed by atoms with E-state index in [9.17, 15) is 37.2 Å². The van der Waals surface area contributed by atoms with Gasteiger partial charge in [-0.05, 0) is 86.7 Å². The van der Waals surface area contributed by atoms with Gasteiger partial charge < -0.3 is 9.47 Å². The van der Waals surface area contributed by atoms with Gasteiger partial charge in [0.25, 0.3) is 11.8 Å². The minimum Gasteiger partial charge on any atom is -0.456 e. The molecule has 3 aromatic rings. The number of esters is 2. The highest BCUT2D eigenvalue weighted by atomic mass is 32.2. The summed E-state index contributed by atoms with van der Waals surface area (Å²) in [7, 11) is -3.64. The second kappa shape index (κ2) is 13.6. The number of aryl methyl sites for hydroxylation is 4. The molecule has 12 heteroatoms. The van der Waals surface area contributed by atoms with Gasteiger partial charge in [-0.3, -0.25) is 24.1 Å². The number of carbonyl (C=O) groups is 6. The third-order valence-electron chi connectivity index (χ3n) is 7.84. The molecule has 46 heavy (non-hydrogen) atoms. The van der Waals surface area contributed by atoms with Crippen molar-refractivity contribution in [3.63, 3.8) is 0 Å². The SMILES string of the molecule is Cc1ccc(C(=O)COC(=O)c2ccc3c(c2)C(=O)N([C@@H](CCS(C)(=O)=O)C(=O)OCC(=O)c2ccc(C)c(C)c2)C3=O)cc1C. The molecule has 0 aromatic heterocycles. The lowest BCUT2D eigenvalue weighted by Crippen LogP contribution is -2.46. The summed E-state index contributed by atoms with van der Waals surface area (Å²) in [6.07, 6.45) is 0.458. The quantitative estimate of drug-likeness (QED) is 0.161. The molecule has 2 amide bonds. The molecule has 1 heterocycles. The van der Waals surface area contributed by atoms with Gasteiger partial charge in [0.2, 0.25) is 0 Å². The van der Waals surface area contributed by atoms with E-state index in [2.05, 4.69) is 0 Å². The maximum absolute atomic E-state index is 13.5. The average Bonchev–Trinajstić information content (AvgIpc) is 3.25. The number of imide groups is 1. The van der Waals surface area contributed by atoms with Crippen molar-refractivity contribution in [3.05, 3.63) is 105 Å². The third kappa shape index (κ3) is 7.63. The van der Waals surface area contributed by atoms with E-state index in [0.717, 1.165) is 34.6 Å². The molecule has 1 aliphatic rings. The molecule has 0 radical (unpaired) electrons. The number of ketones is 2. The van der Waals surface area contributed by atoms with Gasteiger partial charge in [-0.25, -0.2) is 18.0 Å². The second-order valence-electron chi connectivity index (χ2n) is 11.3. The van der Waals surface area contributed by atoms with Crippen LogP contribution in [0.1, 0.15) is 80.5 Å². The molecule has 0 unspecified atom stereocenters. The van der Waals surface area contributed by atoms with Crippen LogP contribution in [0, 0.1) is 27.7 Å². The number of rotatable bonds is 12. The van der Waals surface area contributed by atoms with Crippen LogP contribution < -0.4 is 0 Å². The summed E-state index contributed by atoms with van der Waals surface area (Å²) in [5.74, 6) is -5.44. The molecule has 0 saturated carbocycles. The standard InChI is InChI=1S/C34H33NO10S/c1-19-6-8-23(14-21(19)3)29(36)17-44-33(40)25-10-11-26-27(16-25)32(39)35(31(26)38)28(12-13-46(5,42)43)34(41)45-18-30(37)24-9-7-20(2)22(4)15-24/h6-11,14-16,28H,12-13,17-18H2,1-5H3/t28-/m0/s1. The largest absolute Gasteiger partial charge is 0.456 e. The van der Waals surface area contributed by atoms with E-state index in [-0.39, 0.29) is 16.7 Å². The van der Waals surface area contributed by atoms with Gasteiger partial charge in [0.1, 0.15) is 15.9 Å². The average molecular weight is 648 g/mol. The third-order valence-corrected chi connectivity index (χ3v) is 8.81. The summed E-state index contributed by atoms with van der Waals surface area (Å²) in [4.78, 5) is 78.6. The molecule has 11 nitrogen and oxygen atoms in total. The number of hydrogen-bond acceptors (Lipinski definition) is 10. The molecule has 0 spiro atoms. The first-order valence-electron chi connectivity index (χ1n) is 14.3. The minimum absolute atomic E-state index is 0.121. The van der Waals surface area contributed by atoms with Crippen molar-refractivity contribution in [1.29, 1.82) is 0 Å². The second-order valence-corrected chi connectivity index (χ2v) is 13.6. The van der Waals surface area contributed by atoms with Crippen molar-refractivity contribution < 1.29 is 46.7 Å². The molecule has 240 valence electrons.